The summed E-state index contributed by atoms with van der Waals surface area (Å²) < 4.78 is 4.87. The van der Waals surface area contributed by atoms with Gasteiger partial charge in [0.1, 0.15) is 6.54 Å². The van der Waals surface area contributed by atoms with Gasteiger partial charge in [0.2, 0.25) is 11.7 Å². The first kappa shape index (κ1) is 19.5. The molecule has 8 nitrogen and oxygen atoms in total. The van der Waals surface area contributed by atoms with Crippen molar-refractivity contribution in [3.05, 3.63) is 64.8 Å². The number of pyridine rings is 1. The Morgan fingerprint density at radius 1 is 1.03 bits per heavy atom. The van der Waals surface area contributed by atoms with Crippen LogP contribution in [-0.2, 0) is 17.9 Å². The number of hydrogen-bond acceptors (Lipinski definition) is 4. The number of hydrogen-bond donors (Lipinski definition) is 0. The second kappa shape index (κ2) is 7.68. The first-order chi connectivity index (χ1) is 15.0. The maximum atomic E-state index is 13.3. The zero-order valence-electron chi connectivity index (χ0n) is 17.8. The first-order valence-corrected chi connectivity index (χ1v) is 10.8. The number of benzene rings is 1. The number of carbonyl (C=O) groups is 1. The van der Waals surface area contributed by atoms with E-state index in [1.54, 1.807) is 10.6 Å². The number of nitrogens with zero attached hydrogens (tertiary/aromatic N) is 6. The monoisotopic (exact) mass is 418 g/mol. The molecular weight excluding hydrogens is 392 g/mol. The summed E-state index contributed by atoms with van der Waals surface area (Å²) in [5.74, 6) is 0.544. The van der Waals surface area contributed by atoms with Crippen molar-refractivity contribution in [2.75, 3.05) is 0 Å². The van der Waals surface area contributed by atoms with Gasteiger partial charge in [-0.05, 0) is 57.4 Å². The van der Waals surface area contributed by atoms with Gasteiger partial charge in [-0.3, -0.25) is 14.3 Å². The van der Waals surface area contributed by atoms with E-state index in [0.29, 0.717) is 5.78 Å². The average molecular weight is 419 g/mol. The quantitative estimate of drug-likeness (QED) is 0.511. The molecule has 1 amide bonds. The van der Waals surface area contributed by atoms with Gasteiger partial charge in [-0.1, -0.05) is 18.2 Å². The molecule has 0 saturated carbocycles. The highest BCUT2D eigenvalue weighted by atomic mass is 16.2. The van der Waals surface area contributed by atoms with Crippen LogP contribution in [0.15, 0.2) is 53.5 Å². The van der Waals surface area contributed by atoms with Crippen molar-refractivity contribution in [3.63, 3.8) is 0 Å². The fraction of sp³-hybridized carbons (Fsp3) is 0.391. The Balaban J connectivity index is 1.59. The van der Waals surface area contributed by atoms with Crippen LogP contribution in [0.2, 0.25) is 0 Å². The number of piperidine rings is 1. The van der Waals surface area contributed by atoms with Gasteiger partial charge in [0, 0.05) is 18.3 Å². The van der Waals surface area contributed by atoms with E-state index < -0.39 is 0 Å². The minimum Gasteiger partial charge on any atom is -0.336 e. The van der Waals surface area contributed by atoms with Gasteiger partial charge in [0.05, 0.1) is 23.3 Å². The van der Waals surface area contributed by atoms with Gasteiger partial charge in [-0.25, -0.2) is 13.9 Å². The topological polar surface area (TPSA) is 77.4 Å². The van der Waals surface area contributed by atoms with E-state index in [9.17, 15) is 9.59 Å². The van der Waals surface area contributed by atoms with Crippen LogP contribution in [-0.4, -0.2) is 46.6 Å². The van der Waals surface area contributed by atoms with Crippen LogP contribution < -0.4 is 5.69 Å². The largest absolute Gasteiger partial charge is 0.352 e. The molecule has 1 aromatic carbocycles. The second-order valence-electron chi connectivity index (χ2n) is 8.40. The summed E-state index contributed by atoms with van der Waals surface area (Å²) in [5, 5.41) is 4.60. The molecule has 1 aliphatic heterocycles. The highest BCUT2D eigenvalue weighted by Crippen LogP contribution is 2.24. The molecule has 160 valence electrons. The van der Waals surface area contributed by atoms with E-state index >= 15 is 0 Å². The van der Waals surface area contributed by atoms with Crippen molar-refractivity contribution in [3.8, 4) is 0 Å². The summed E-state index contributed by atoms with van der Waals surface area (Å²) in [6.45, 7) is 4.67. The summed E-state index contributed by atoms with van der Waals surface area (Å²) in [6.07, 6.45) is 4.90. The zero-order valence-corrected chi connectivity index (χ0v) is 17.8. The Kier molecular flexibility index (Phi) is 4.84. The Morgan fingerprint density at radius 2 is 1.74 bits per heavy atom. The van der Waals surface area contributed by atoms with Crippen molar-refractivity contribution in [1.82, 2.24) is 28.6 Å². The van der Waals surface area contributed by atoms with E-state index in [-0.39, 0.29) is 36.8 Å². The maximum absolute atomic E-state index is 13.3. The molecule has 2 atom stereocenters. The van der Waals surface area contributed by atoms with Crippen LogP contribution in [0.1, 0.15) is 38.8 Å². The molecule has 4 aromatic rings. The van der Waals surface area contributed by atoms with Crippen LogP contribution in [0.25, 0.3) is 16.8 Å². The van der Waals surface area contributed by atoms with Crippen LogP contribution in [0.5, 0.6) is 0 Å². The van der Waals surface area contributed by atoms with Crippen LogP contribution in [0.3, 0.4) is 0 Å². The maximum Gasteiger partial charge on any atom is 0.352 e. The standard InChI is InChI=1S/C23H26N6O2/c1-16-8-7-9-17(2)28(16)21(30)15-26-19-11-3-4-12-20(19)29-22(26)25-27(23(29)31)14-18-10-5-6-13-24-18/h3-6,10-13,16-17H,7-9,14-15H2,1-2H3/t16-,17+. The van der Waals surface area contributed by atoms with E-state index in [1.807, 2.05) is 51.9 Å². The number of likely N-dealkylation sites (tertiary alicyclic amines) is 1. The molecule has 1 fully saturated rings. The number of imidazole rings is 1. The second-order valence-corrected chi connectivity index (χ2v) is 8.40. The van der Waals surface area contributed by atoms with Crippen LogP contribution >= 0.6 is 0 Å². The summed E-state index contributed by atoms with van der Waals surface area (Å²) in [7, 11) is 0. The smallest absolute Gasteiger partial charge is 0.336 e. The van der Waals surface area contributed by atoms with Crippen molar-refractivity contribution in [2.24, 2.45) is 0 Å². The van der Waals surface area contributed by atoms with E-state index in [2.05, 4.69) is 23.9 Å². The molecule has 5 rings (SSSR count). The molecule has 3 aromatic heterocycles. The molecule has 8 heteroatoms. The Labute approximate surface area is 179 Å². The van der Waals surface area contributed by atoms with Crippen molar-refractivity contribution < 1.29 is 4.79 Å². The van der Waals surface area contributed by atoms with Crippen LogP contribution in [0.4, 0.5) is 0 Å². The molecule has 0 unspecified atom stereocenters. The number of carbonyl (C=O) groups excluding carboxylic acids is 1. The fourth-order valence-corrected chi connectivity index (χ4v) is 4.80. The number of rotatable bonds is 4. The fourth-order valence-electron chi connectivity index (χ4n) is 4.80. The molecule has 4 heterocycles. The number of fused-ring (bicyclic) bond motifs is 3. The third kappa shape index (κ3) is 3.32. The lowest BCUT2D eigenvalue weighted by Crippen LogP contribution is -2.48. The number of para-hydroxylation sites is 2. The highest BCUT2D eigenvalue weighted by Gasteiger charge is 2.30. The summed E-state index contributed by atoms with van der Waals surface area (Å²) in [6, 6.07) is 13.7. The normalized spacial score (nSPS) is 19.4. The zero-order chi connectivity index (χ0) is 21.5. The van der Waals surface area contributed by atoms with Crippen molar-refractivity contribution >= 4 is 22.7 Å². The lowest BCUT2D eigenvalue weighted by molar-refractivity contribution is -0.137. The Morgan fingerprint density at radius 3 is 2.45 bits per heavy atom. The Bertz CT molecular complexity index is 1290. The minimum absolute atomic E-state index is 0.0645. The van der Waals surface area contributed by atoms with Gasteiger partial charge in [0.15, 0.2) is 0 Å². The van der Waals surface area contributed by atoms with Gasteiger partial charge >= 0.3 is 5.69 Å². The van der Waals surface area contributed by atoms with E-state index in [4.69, 9.17) is 0 Å². The average Bonchev–Trinajstić information content (AvgIpc) is 3.24. The molecule has 0 radical (unpaired) electrons. The third-order valence-corrected chi connectivity index (χ3v) is 6.29. The lowest BCUT2D eigenvalue weighted by atomic mass is 9.97. The SMILES string of the molecule is C[C@@H]1CCC[C@H](C)N1C(=O)Cn1c2ccccc2n2c(=O)n(Cc3ccccn3)nc12. The first-order valence-electron chi connectivity index (χ1n) is 10.8. The molecule has 1 aliphatic rings. The molecule has 31 heavy (non-hydrogen) atoms. The predicted octanol–water partition coefficient (Wildman–Crippen LogP) is 2.68. The summed E-state index contributed by atoms with van der Waals surface area (Å²) >= 11 is 0. The predicted molar refractivity (Wildman–Crippen MR) is 118 cm³/mol. The molecule has 0 bridgehead atoms. The number of aromatic nitrogens is 5. The molecule has 0 aliphatic carbocycles. The van der Waals surface area contributed by atoms with Crippen LogP contribution in [0, 0.1) is 0 Å². The van der Waals surface area contributed by atoms with Gasteiger partial charge in [-0.2, -0.15) is 0 Å². The van der Waals surface area contributed by atoms with Gasteiger partial charge in [-0.15, -0.1) is 5.10 Å². The van der Waals surface area contributed by atoms with E-state index in [0.717, 1.165) is 36.0 Å². The minimum atomic E-state index is -0.234. The van der Waals surface area contributed by atoms with Crippen molar-refractivity contribution in [1.29, 1.82) is 0 Å². The number of amides is 1. The lowest BCUT2D eigenvalue weighted by Gasteiger charge is -2.39. The highest BCUT2D eigenvalue weighted by molar-refractivity contribution is 5.84. The summed E-state index contributed by atoms with van der Waals surface area (Å²) in [5.41, 5.74) is 2.11. The van der Waals surface area contributed by atoms with Gasteiger partial charge < -0.3 is 4.90 Å². The molecule has 0 N–H and O–H groups in total. The van der Waals surface area contributed by atoms with Gasteiger partial charge in [0.25, 0.3) is 0 Å². The Hall–Kier alpha value is -3.42. The third-order valence-electron chi connectivity index (χ3n) is 6.29. The molecule has 0 spiro atoms. The van der Waals surface area contributed by atoms with Crippen molar-refractivity contribution in [2.45, 2.75) is 58.3 Å². The molecular formula is C23H26N6O2. The van der Waals surface area contributed by atoms with E-state index in [1.165, 1.54) is 4.68 Å². The molecule has 1 saturated heterocycles. The summed E-state index contributed by atoms with van der Waals surface area (Å²) in [4.78, 5) is 32.8.